The minimum atomic E-state index is 0.00459. The molecule has 0 aliphatic carbocycles. The first-order chi connectivity index (χ1) is 8.00. The summed E-state index contributed by atoms with van der Waals surface area (Å²) < 4.78 is 5.01. The molecule has 0 bridgehead atoms. The van der Waals surface area contributed by atoms with Crippen LogP contribution < -0.4 is 10.6 Å². The van der Waals surface area contributed by atoms with Crippen LogP contribution in [0.3, 0.4) is 0 Å². The van der Waals surface area contributed by atoms with Crippen LogP contribution in [0.25, 0.3) is 0 Å². The van der Waals surface area contributed by atoms with Crippen molar-refractivity contribution in [1.29, 1.82) is 0 Å². The summed E-state index contributed by atoms with van der Waals surface area (Å²) in [7, 11) is 0. The van der Waals surface area contributed by atoms with Crippen LogP contribution >= 0.6 is 0 Å². The maximum Gasteiger partial charge on any atom is 0.224 e. The lowest BCUT2D eigenvalue weighted by atomic mass is 10.1. The van der Waals surface area contributed by atoms with E-state index in [1.807, 2.05) is 13.8 Å². The van der Waals surface area contributed by atoms with Gasteiger partial charge in [-0.05, 0) is 13.8 Å². The van der Waals surface area contributed by atoms with E-state index < -0.39 is 0 Å². The number of carbonyl (C=O) groups is 1. The number of nitrogens with zero attached hydrogens (tertiary/aromatic N) is 1. The summed E-state index contributed by atoms with van der Waals surface area (Å²) >= 11 is 0. The number of hydrogen-bond acceptors (Lipinski definition) is 4. The first kappa shape index (κ1) is 13.7. The van der Waals surface area contributed by atoms with Crippen molar-refractivity contribution in [3.05, 3.63) is 17.0 Å². The highest BCUT2D eigenvalue weighted by Crippen LogP contribution is 2.12. The molecule has 0 aliphatic heterocycles. The number of rotatable bonds is 6. The van der Waals surface area contributed by atoms with Crippen LogP contribution in [0.15, 0.2) is 4.52 Å². The maximum atomic E-state index is 11.7. The fourth-order valence-electron chi connectivity index (χ4n) is 1.54. The second-order valence-electron chi connectivity index (χ2n) is 4.44. The highest BCUT2D eigenvalue weighted by Gasteiger charge is 2.12. The summed E-state index contributed by atoms with van der Waals surface area (Å²) in [6.07, 6.45) is 0.336. The average molecular weight is 239 g/mol. The van der Waals surface area contributed by atoms with Gasteiger partial charge in [-0.2, -0.15) is 0 Å². The molecule has 0 spiro atoms. The van der Waals surface area contributed by atoms with Gasteiger partial charge in [-0.25, -0.2) is 0 Å². The molecule has 1 rings (SSSR count). The largest absolute Gasteiger partial charge is 0.361 e. The Labute approximate surface area is 102 Å². The second kappa shape index (κ2) is 6.39. The molecule has 0 saturated carbocycles. The molecule has 17 heavy (non-hydrogen) atoms. The monoisotopic (exact) mass is 239 g/mol. The predicted molar refractivity (Wildman–Crippen MR) is 65.8 cm³/mol. The van der Waals surface area contributed by atoms with E-state index in [-0.39, 0.29) is 5.91 Å². The van der Waals surface area contributed by atoms with Gasteiger partial charge in [-0.15, -0.1) is 0 Å². The molecule has 2 N–H and O–H groups in total. The van der Waals surface area contributed by atoms with E-state index in [9.17, 15) is 4.79 Å². The van der Waals surface area contributed by atoms with Crippen LogP contribution in [0.2, 0.25) is 0 Å². The van der Waals surface area contributed by atoms with Crippen molar-refractivity contribution in [3.8, 4) is 0 Å². The van der Waals surface area contributed by atoms with Gasteiger partial charge in [0.2, 0.25) is 5.91 Å². The van der Waals surface area contributed by atoms with Crippen molar-refractivity contribution in [1.82, 2.24) is 15.8 Å². The fourth-order valence-corrected chi connectivity index (χ4v) is 1.54. The Hall–Kier alpha value is -1.36. The highest BCUT2D eigenvalue weighted by atomic mass is 16.5. The lowest BCUT2D eigenvalue weighted by Gasteiger charge is -2.08. The first-order valence-corrected chi connectivity index (χ1v) is 5.92. The van der Waals surface area contributed by atoms with Gasteiger partial charge in [0.25, 0.3) is 0 Å². The molecule has 1 amide bonds. The van der Waals surface area contributed by atoms with Crippen LogP contribution in [-0.2, 0) is 11.2 Å². The number of aryl methyl sites for hydroxylation is 2. The van der Waals surface area contributed by atoms with Crippen molar-refractivity contribution in [2.24, 2.45) is 0 Å². The predicted octanol–water partition coefficient (Wildman–Crippen LogP) is 0.948. The zero-order chi connectivity index (χ0) is 12.8. The van der Waals surface area contributed by atoms with Crippen molar-refractivity contribution in [2.45, 2.75) is 40.2 Å². The van der Waals surface area contributed by atoms with Crippen molar-refractivity contribution in [3.63, 3.8) is 0 Å². The van der Waals surface area contributed by atoms with Gasteiger partial charge < -0.3 is 15.2 Å². The number of amides is 1. The second-order valence-corrected chi connectivity index (χ2v) is 4.44. The van der Waals surface area contributed by atoms with Crippen molar-refractivity contribution in [2.75, 3.05) is 13.1 Å². The van der Waals surface area contributed by atoms with Gasteiger partial charge in [-0.1, -0.05) is 19.0 Å². The minimum Gasteiger partial charge on any atom is -0.361 e. The number of carbonyl (C=O) groups excluding carboxylic acids is 1. The minimum absolute atomic E-state index is 0.00459. The zero-order valence-electron chi connectivity index (χ0n) is 11.0. The van der Waals surface area contributed by atoms with Gasteiger partial charge >= 0.3 is 0 Å². The first-order valence-electron chi connectivity index (χ1n) is 5.92. The third kappa shape index (κ3) is 4.56. The molecule has 5 heteroatoms. The van der Waals surface area contributed by atoms with Crippen LogP contribution in [0.5, 0.6) is 0 Å². The maximum absolute atomic E-state index is 11.7. The third-order valence-electron chi connectivity index (χ3n) is 2.52. The molecule has 0 unspecified atom stereocenters. The van der Waals surface area contributed by atoms with Gasteiger partial charge in [0.1, 0.15) is 5.76 Å². The van der Waals surface area contributed by atoms with Crippen molar-refractivity contribution >= 4 is 5.91 Å². The smallest absolute Gasteiger partial charge is 0.224 e. The molecule has 0 saturated heterocycles. The molecule has 5 nitrogen and oxygen atoms in total. The SMILES string of the molecule is Cc1noc(C)c1CC(=O)NCCNC(C)C. The average Bonchev–Trinajstić information content (AvgIpc) is 2.56. The van der Waals surface area contributed by atoms with E-state index >= 15 is 0 Å². The number of hydrogen-bond donors (Lipinski definition) is 2. The summed E-state index contributed by atoms with van der Waals surface area (Å²) in [6, 6.07) is 0.439. The summed E-state index contributed by atoms with van der Waals surface area (Å²) in [4.78, 5) is 11.7. The Morgan fingerprint density at radius 3 is 2.59 bits per heavy atom. The van der Waals surface area contributed by atoms with Gasteiger partial charge in [0, 0.05) is 24.7 Å². The quantitative estimate of drug-likeness (QED) is 0.725. The molecule has 96 valence electrons. The Morgan fingerprint density at radius 1 is 1.35 bits per heavy atom. The molecular weight excluding hydrogens is 218 g/mol. The fraction of sp³-hybridized carbons (Fsp3) is 0.667. The summed E-state index contributed by atoms with van der Waals surface area (Å²) in [6.45, 7) is 9.24. The lowest BCUT2D eigenvalue weighted by molar-refractivity contribution is -0.120. The zero-order valence-corrected chi connectivity index (χ0v) is 11.0. The van der Waals surface area contributed by atoms with E-state index in [1.165, 1.54) is 0 Å². The van der Waals surface area contributed by atoms with E-state index in [0.29, 0.717) is 19.0 Å². The van der Waals surface area contributed by atoms with Crippen molar-refractivity contribution < 1.29 is 9.32 Å². The molecule has 0 aromatic carbocycles. The molecule has 0 radical (unpaired) electrons. The number of aromatic nitrogens is 1. The summed E-state index contributed by atoms with van der Waals surface area (Å²) in [5.74, 6) is 0.725. The van der Waals surface area contributed by atoms with E-state index in [0.717, 1.165) is 23.6 Å². The van der Waals surface area contributed by atoms with E-state index in [1.54, 1.807) is 0 Å². The topological polar surface area (TPSA) is 67.2 Å². The van der Waals surface area contributed by atoms with E-state index in [2.05, 4.69) is 29.6 Å². The lowest BCUT2D eigenvalue weighted by Crippen LogP contribution is -2.35. The molecule has 0 atom stereocenters. The Balaban J connectivity index is 2.30. The van der Waals surface area contributed by atoms with Gasteiger partial charge in [0.15, 0.2) is 0 Å². The van der Waals surface area contributed by atoms with Crippen LogP contribution in [0, 0.1) is 13.8 Å². The molecular formula is C12H21N3O2. The van der Waals surface area contributed by atoms with E-state index in [4.69, 9.17) is 4.52 Å². The summed E-state index contributed by atoms with van der Waals surface area (Å²) in [5.41, 5.74) is 1.68. The molecule has 0 fully saturated rings. The normalized spacial score (nSPS) is 10.9. The number of nitrogens with one attached hydrogen (secondary N) is 2. The Morgan fingerprint density at radius 2 is 2.06 bits per heavy atom. The molecule has 0 aliphatic rings. The van der Waals surface area contributed by atoms with Gasteiger partial charge in [0.05, 0.1) is 12.1 Å². The Kier molecular flexibility index (Phi) is 5.15. The molecule has 1 aromatic heterocycles. The molecule has 1 heterocycles. The third-order valence-corrected chi connectivity index (χ3v) is 2.52. The van der Waals surface area contributed by atoms with Crippen LogP contribution in [0.1, 0.15) is 30.9 Å². The van der Waals surface area contributed by atoms with Gasteiger partial charge in [-0.3, -0.25) is 4.79 Å². The van der Waals surface area contributed by atoms with Crippen LogP contribution in [0.4, 0.5) is 0 Å². The van der Waals surface area contributed by atoms with Crippen LogP contribution in [-0.4, -0.2) is 30.2 Å². The highest BCUT2D eigenvalue weighted by molar-refractivity contribution is 5.78. The molecule has 1 aromatic rings. The Bertz CT molecular complexity index is 352. The standard InChI is InChI=1S/C12H21N3O2/c1-8(2)13-5-6-14-12(16)7-11-9(3)15-17-10(11)4/h8,13H,5-7H2,1-4H3,(H,14,16). The summed E-state index contributed by atoms with van der Waals surface area (Å²) in [5, 5.41) is 9.92.